The van der Waals surface area contributed by atoms with Crippen molar-refractivity contribution in [3.05, 3.63) is 35.4 Å². The molecule has 17 nitrogen and oxygen atoms in total. The van der Waals surface area contributed by atoms with Gasteiger partial charge in [0, 0.05) is 0 Å². The fourth-order valence-corrected chi connectivity index (χ4v) is 5.78. The van der Waals surface area contributed by atoms with Crippen LogP contribution in [0.4, 0.5) is 0 Å². The number of phenolic OH excluding ortho intramolecular Hbond substituents is 1. The Hall–Kier alpha value is -2.59. The van der Waals surface area contributed by atoms with Gasteiger partial charge in [0.2, 0.25) is 6.29 Å². The molecule has 3 saturated heterocycles. The number of fused-ring (bicyclic) bond motifs is 1. The van der Waals surface area contributed by atoms with Gasteiger partial charge >= 0.3 is 0 Å². The number of ketones is 1. The molecule has 2 aromatic rings. The summed E-state index contributed by atoms with van der Waals surface area (Å²) in [6.45, 7) is 1.30. The lowest BCUT2D eigenvalue weighted by molar-refractivity contribution is -0.344. The van der Waals surface area contributed by atoms with Crippen LogP contribution in [-0.4, -0.2) is 156 Å². The van der Waals surface area contributed by atoms with Gasteiger partial charge in [-0.3, -0.25) is 4.79 Å². The number of aromatic hydroxyl groups is 1. The predicted octanol–water partition coefficient (Wildman–Crippen LogP) is -3.27. The Morgan fingerprint density at radius 2 is 1.51 bits per heavy atom. The molecule has 17 heteroatoms. The summed E-state index contributed by atoms with van der Waals surface area (Å²) >= 11 is 0. The van der Waals surface area contributed by atoms with E-state index in [1.165, 1.54) is 26.0 Å². The van der Waals surface area contributed by atoms with Crippen molar-refractivity contribution >= 4 is 16.6 Å². The van der Waals surface area contributed by atoms with E-state index in [0.29, 0.717) is 10.9 Å². The summed E-state index contributed by atoms with van der Waals surface area (Å²) in [5.74, 6) is -0.982. The fraction of sp³-hybridized carbons (Fsp3) is 0.633. The molecule has 0 spiro atoms. The standard InChI is InChI=1S/C30H40O17/c1-10(32)14-6-12(13-4-3-5-15(18(13)20(14)34)45-29-26(40)23(37)19(33)11(2)44-29)8-42-28-25(39)22(36)17(9-43-28)47-30-27(41)24(38)21(35)16(7-31)46-30/h3-6,11,16-17,19,21-31,33-41H,7-9H2,1-2H3/t11-,16+,17+,19-,21+,22-,23+,24-,25+,26+,27+,28+,29-,30-/m0/s1. The number of Topliss-reactive ketones (excluding diaryl/α,β-unsaturated/α-hetero) is 1. The van der Waals surface area contributed by atoms with E-state index in [9.17, 15) is 55.9 Å². The molecule has 47 heavy (non-hydrogen) atoms. The molecule has 5 rings (SSSR count). The topological polar surface area (TPSA) is 275 Å². The van der Waals surface area contributed by atoms with Crippen LogP contribution in [0.1, 0.15) is 29.8 Å². The van der Waals surface area contributed by atoms with Gasteiger partial charge in [-0.2, -0.15) is 0 Å². The first-order valence-corrected chi connectivity index (χ1v) is 14.9. The molecule has 0 aliphatic carbocycles. The van der Waals surface area contributed by atoms with E-state index in [1.807, 2.05) is 0 Å². The van der Waals surface area contributed by atoms with Crippen LogP contribution in [0.25, 0.3) is 10.8 Å². The number of hydrogen-bond acceptors (Lipinski definition) is 17. The van der Waals surface area contributed by atoms with Gasteiger partial charge in [0.15, 0.2) is 18.4 Å². The van der Waals surface area contributed by atoms with Gasteiger partial charge in [0.1, 0.15) is 72.5 Å². The Bertz CT molecular complexity index is 1400. The first-order valence-electron chi connectivity index (χ1n) is 14.9. The normalized spacial score (nSPS) is 39.6. The summed E-state index contributed by atoms with van der Waals surface area (Å²) in [7, 11) is 0. The maximum Gasteiger partial charge on any atom is 0.229 e. The molecule has 10 N–H and O–H groups in total. The van der Waals surface area contributed by atoms with Crippen LogP contribution in [0.3, 0.4) is 0 Å². The van der Waals surface area contributed by atoms with Crippen molar-refractivity contribution in [1.82, 2.24) is 0 Å². The van der Waals surface area contributed by atoms with Crippen molar-refractivity contribution < 1.29 is 84.3 Å². The lowest BCUT2D eigenvalue weighted by atomic mass is 9.97. The van der Waals surface area contributed by atoms with E-state index in [0.717, 1.165) is 0 Å². The summed E-state index contributed by atoms with van der Waals surface area (Å²) in [4.78, 5) is 12.5. The summed E-state index contributed by atoms with van der Waals surface area (Å²) in [6, 6.07) is 5.94. The number of phenols is 1. The SMILES string of the molecule is CC(=O)c1cc(CO[C@@H]2OC[C@@H](O[C@@H]3O[C@H](CO)[C@@H](O)[C@H](O)[C@H]3O)[C@H](O)[C@H]2O)c2cccc(O[C@@H]3O[C@@H](C)[C@H](O)[C@@H](O)[C@H]3O)c2c1O. The minimum Gasteiger partial charge on any atom is -0.506 e. The second-order valence-corrected chi connectivity index (χ2v) is 11.8. The third kappa shape index (κ3) is 6.96. The highest BCUT2D eigenvalue weighted by Crippen LogP contribution is 2.40. The minimum absolute atomic E-state index is 0.0262. The Labute approximate surface area is 267 Å². The zero-order valence-electron chi connectivity index (χ0n) is 25.3. The maximum atomic E-state index is 12.5. The van der Waals surface area contributed by atoms with Gasteiger partial charge in [0.05, 0.1) is 36.9 Å². The van der Waals surface area contributed by atoms with Crippen molar-refractivity contribution in [3.63, 3.8) is 0 Å². The minimum atomic E-state index is -1.74. The van der Waals surface area contributed by atoms with Crippen molar-refractivity contribution in [1.29, 1.82) is 0 Å². The molecule has 0 radical (unpaired) electrons. The molecule has 3 aliphatic heterocycles. The molecule has 0 aromatic heterocycles. The van der Waals surface area contributed by atoms with Gasteiger partial charge in [-0.25, -0.2) is 0 Å². The number of ether oxygens (including phenoxy) is 6. The number of hydrogen-bond donors (Lipinski definition) is 10. The highest BCUT2D eigenvalue weighted by atomic mass is 16.7. The average molecular weight is 673 g/mol. The van der Waals surface area contributed by atoms with Gasteiger partial charge in [-0.15, -0.1) is 0 Å². The second kappa shape index (κ2) is 14.5. The van der Waals surface area contributed by atoms with E-state index < -0.39 is 104 Å². The van der Waals surface area contributed by atoms with Crippen molar-refractivity contribution in [2.75, 3.05) is 13.2 Å². The van der Waals surface area contributed by atoms with Gasteiger partial charge in [-0.1, -0.05) is 12.1 Å². The fourth-order valence-electron chi connectivity index (χ4n) is 5.78. The van der Waals surface area contributed by atoms with Crippen LogP contribution < -0.4 is 4.74 Å². The molecule has 0 amide bonds. The average Bonchev–Trinajstić information content (AvgIpc) is 3.05. The van der Waals surface area contributed by atoms with E-state index in [4.69, 9.17) is 28.4 Å². The molecule has 3 aliphatic rings. The molecule has 3 fully saturated rings. The Morgan fingerprint density at radius 3 is 2.19 bits per heavy atom. The highest BCUT2D eigenvalue weighted by Gasteiger charge is 2.48. The molecular weight excluding hydrogens is 632 g/mol. The highest BCUT2D eigenvalue weighted by molar-refractivity contribution is 6.06. The summed E-state index contributed by atoms with van der Waals surface area (Å²) in [5, 5.41) is 103. The van der Waals surface area contributed by atoms with Crippen LogP contribution in [0, 0.1) is 0 Å². The summed E-state index contributed by atoms with van der Waals surface area (Å²) < 4.78 is 33.5. The molecular formula is C30H40O17. The lowest BCUT2D eigenvalue weighted by Gasteiger charge is -2.43. The number of carbonyl (C=O) groups is 1. The molecule has 0 bridgehead atoms. The smallest absolute Gasteiger partial charge is 0.229 e. The number of aliphatic hydroxyl groups is 9. The number of carbonyl (C=O) groups excluding carboxylic acids is 1. The second-order valence-electron chi connectivity index (χ2n) is 11.8. The lowest BCUT2D eigenvalue weighted by Crippen LogP contribution is -2.62. The van der Waals surface area contributed by atoms with E-state index in [1.54, 1.807) is 12.1 Å². The molecule has 3 heterocycles. The molecule has 262 valence electrons. The first kappa shape index (κ1) is 35.7. The van der Waals surface area contributed by atoms with Crippen LogP contribution >= 0.6 is 0 Å². The summed E-state index contributed by atoms with van der Waals surface area (Å²) in [6.07, 6.45) is -20.9. The van der Waals surface area contributed by atoms with Gasteiger partial charge in [-0.05, 0) is 36.9 Å². The van der Waals surface area contributed by atoms with E-state index in [-0.39, 0.29) is 29.9 Å². The third-order valence-electron chi connectivity index (χ3n) is 8.61. The zero-order valence-corrected chi connectivity index (χ0v) is 25.3. The van der Waals surface area contributed by atoms with E-state index in [2.05, 4.69) is 0 Å². The summed E-state index contributed by atoms with van der Waals surface area (Å²) in [5.41, 5.74) is 0.214. The number of aliphatic hydroxyl groups excluding tert-OH is 9. The molecule has 2 aromatic carbocycles. The molecule has 14 atom stereocenters. The van der Waals surface area contributed by atoms with Crippen LogP contribution in [0.15, 0.2) is 24.3 Å². The number of rotatable bonds is 9. The predicted molar refractivity (Wildman–Crippen MR) is 154 cm³/mol. The monoisotopic (exact) mass is 672 g/mol. The largest absolute Gasteiger partial charge is 0.506 e. The van der Waals surface area contributed by atoms with Gasteiger partial charge in [0.25, 0.3) is 0 Å². The van der Waals surface area contributed by atoms with Crippen LogP contribution in [0.5, 0.6) is 11.5 Å². The van der Waals surface area contributed by atoms with Crippen molar-refractivity contribution in [2.45, 2.75) is 106 Å². The zero-order chi connectivity index (χ0) is 34.3. The maximum absolute atomic E-state index is 12.5. The number of benzene rings is 2. The Balaban J connectivity index is 1.32. The Kier molecular flexibility index (Phi) is 11.0. The molecule has 0 saturated carbocycles. The Morgan fingerprint density at radius 1 is 0.851 bits per heavy atom. The van der Waals surface area contributed by atoms with Crippen LogP contribution in [-0.2, 0) is 30.3 Å². The first-order chi connectivity index (χ1) is 22.2. The van der Waals surface area contributed by atoms with Crippen molar-refractivity contribution in [3.8, 4) is 11.5 Å². The molecule has 0 unspecified atom stereocenters. The van der Waals surface area contributed by atoms with Gasteiger partial charge < -0.3 is 79.5 Å². The third-order valence-corrected chi connectivity index (χ3v) is 8.61. The van der Waals surface area contributed by atoms with Crippen LogP contribution in [0.2, 0.25) is 0 Å². The quantitative estimate of drug-likeness (QED) is 0.117. The van der Waals surface area contributed by atoms with E-state index >= 15 is 0 Å². The van der Waals surface area contributed by atoms with Crippen molar-refractivity contribution in [2.24, 2.45) is 0 Å².